The highest BCUT2D eigenvalue weighted by molar-refractivity contribution is 5.84. The van der Waals surface area contributed by atoms with Crippen molar-refractivity contribution >= 4 is 16.8 Å². The number of rotatable bonds is 6. The fraction of sp³-hybridized carbons (Fsp3) is 0.500. The largest absolute Gasteiger partial charge is 0.361 e. The van der Waals surface area contributed by atoms with Crippen molar-refractivity contribution in [3.05, 3.63) is 36.0 Å². The van der Waals surface area contributed by atoms with E-state index in [-0.39, 0.29) is 5.91 Å². The Morgan fingerprint density at radius 1 is 1.23 bits per heavy atom. The lowest BCUT2D eigenvalue weighted by Gasteiger charge is -2.22. The molecule has 1 aliphatic heterocycles. The van der Waals surface area contributed by atoms with E-state index in [0.29, 0.717) is 6.42 Å². The van der Waals surface area contributed by atoms with E-state index in [1.165, 1.54) is 23.8 Å². The maximum atomic E-state index is 12.0. The van der Waals surface area contributed by atoms with Crippen LogP contribution in [0.15, 0.2) is 30.5 Å². The lowest BCUT2D eigenvalue weighted by molar-refractivity contribution is -0.121. The van der Waals surface area contributed by atoms with Gasteiger partial charge in [-0.05, 0) is 56.3 Å². The van der Waals surface area contributed by atoms with E-state index < -0.39 is 0 Å². The first-order chi connectivity index (χ1) is 10.8. The van der Waals surface area contributed by atoms with Gasteiger partial charge in [-0.1, -0.05) is 18.2 Å². The highest BCUT2D eigenvalue weighted by Crippen LogP contribution is 2.19. The monoisotopic (exact) mass is 299 g/mol. The average Bonchev–Trinajstić information content (AvgIpc) is 2.97. The van der Waals surface area contributed by atoms with Gasteiger partial charge in [-0.25, -0.2) is 0 Å². The molecule has 1 amide bonds. The highest BCUT2D eigenvalue weighted by atomic mass is 16.1. The third kappa shape index (κ3) is 3.89. The molecular formula is C18H25N3O. The van der Waals surface area contributed by atoms with Gasteiger partial charge in [-0.15, -0.1) is 0 Å². The van der Waals surface area contributed by atoms with Crippen molar-refractivity contribution in [2.75, 3.05) is 19.6 Å². The number of para-hydroxylation sites is 1. The number of carbonyl (C=O) groups excluding carboxylic acids is 1. The molecule has 0 unspecified atom stereocenters. The van der Waals surface area contributed by atoms with E-state index in [1.807, 2.05) is 18.3 Å². The molecule has 0 bridgehead atoms. The number of piperidine rings is 1. The van der Waals surface area contributed by atoms with Crippen LogP contribution in [0.2, 0.25) is 0 Å². The van der Waals surface area contributed by atoms with Gasteiger partial charge in [-0.3, -0.25) is 4.79 Å². The molecule has 118 valence electrons. The molecule has 1 aliphatic rings. The van der Waals surface area contributed by atoms with Crippen molar-refractivity contribution in [2.45, 2.75) is 32.1 Å². The van der Waals surface area contributed by atoms with Gasteiger partial charge in [0.05, 0.1) is 0 Å². The summed E-state index contributed by atoms with van der Waals surface area (Å²) >= 11 is 0. The van der Waals surface area contributed by atoms with Crippen LogP contribution in [0.3, 0.4) is 0 Å². The molecule has 2 aromatic rings. The molecule has 4 nitrogen and oxygen atoms in total. The predicted molar refractivity (Wildman–Crippen MR) is 89.8 cm³/mol. The third-order valence-corrected chi connectivity index (χ3v) is 4.63. The first-order valence-corrected chi connectivity index (χ1v) is 8.35. The van der Waals surface area contributed by atoms with Crippen LogP contribution < -0.4 is 10.6 Å². The molecular weight excluding hydrogens is 274 g/mol. The fourth-order valence-corrected chi connectivity index (χ4v) is 3.26. The lowest BCUT2D eigenvalue weighted by atomic mass is 9.95. The van der Waals surface area contributed by atoms with Crippen LogP contribution >= 0.6 is 0 Å². The summed E-state index contributed by atoms with van der Waals surface area (Å²) < 4.78 is 0. The molecule has 4 heteroatoms. The number of fused-ring (bicyclic) bond motifs is 1. The molecule has 1 saturated heterocycles. The number of aromatic nitrogens is 1. The van der Waals surface area contributed by atoms with Crippen LogP contribution in [0.1, 0.15) is 31.2 Å². The summed E-state index contributed by atoms with van der Waals surface area (Å²) in [7, 11) is 0. The molecule has 3 rings (SSSR count). The van der Waals surface area contributed by atoms with Crippen LogP contribution in [0.5, 0.6) is 0 Å². The summed E-state index contributed by atoms with van der Waals surface area (Å²) in [6.45, 7) is 3.07. The van der Waals surface area contributed by atoms with Crippen LogP contribution in [-0.4, -0.2) is 30.5 Å². The summed E-state index contributed by atoms with van der Waals surface area (Å²) in [4.78, 5) is 15.2. The topological polar surface area (TPSA) is 56.9 Å². The predicted octanol–water partition coefficient (Wildman–Crippen LogP) is 2.61. The minimum atomic E-state index is 0.166. The molecule has 0 spiro atoms. The van der Waals surface area contributed by atoms with Crippen LogP contribution in [0.4, 0.5) is 0 Å². The quantitative estimate of drug-likeness (QED) is 0.768. The van der Waals surface area contributed by atoms with Crippen molar-refractivity contribution in [1.29, 1.82) is 0 Å². The SMILES string of the molecule is O=C(CCc1c[nH]c2ccccc12)NCCC1CCNCC1. The Hall–Kier alpha value is -1.81. The molecule has 1 aromatic carbocycles. The second kappa shape index (κ2) is 7.45. The van der Waals surface area contributed by atoms with Gasteiger partial charge in [0.2, 0.25) is 5.91 Å². The average molecular weight is 299 g/mol. The van der Waals surface area contributed by atoms with E-state index in [0.717, 1.165) is 43.9 Å². The Balaban J connectivity index is 1.40. The number of aryl methyl sites for hydroxylation is 1. The van der Waals surface area contributed by atoms with Crippen molar-refractivity contribution in [3.8, 4) is 0 Å². The van der Waals surface area contributed by atoms with Crippen molar-refractivity contribution in [1.82, 2.24) is 15.6 Å². The van der Waals surface area contributed by atoms with E-state index in [9.17, 15) is 4.79 Å². The molecule has 22 heavy (non-hydrogen) atoms. The fourth-order valence-electron chi connectivity index (χ4n) is 3.26. The van der Waals surface area contributed by atoms with Crippen molar-refractivity contribution in [3.63, 3.8) is 0 Å². The Bertz CT molecular complexity index is 614. The van der Waals surface area contributed by atoms with Crippen LogP contribution in [0.25, 0.3) is 10.9 Å². The van der Waals surface area contributed by atoms with E-state index in [4.69, 9.17) is 0 Å². The molecule has 0 saturated carbocycles. The minimum absolute atomic E-state index is 0.166. The van der Waals surface area contributed by atoms with Gasteiger partial charge in [-0.2, -0.15) is 0 Å². The van der Waals surface area contributed by atoms with Crippen LogP contribution in [-0.2, 0) is 11.2 Å². The van der Waals surface area contributed by atoms with E-state index in [1.54, 1.807) is 0 Å². The summed E-state index contributed by atoms with van der Waals surface area (Å²) in [6.07, 6.45) is 6.97. The second-order valence-electron chi connectivity index (χ2n) is 6.19. The lowest BCUT2D eigenvalue weighted by Crippen LogP contribution is -2.31. The van der Waals surface area contributed by atoms with Gasteiger partial charge in [0.15, 0.2) is 0 Å². The first-order valence-electron chi connectivity index (χ1n) is 8.35. The number of H-pyrrole nitrogens is 1. The standard InChI is InChI=1S/C18H25N3O/c22-18(20-12-9-14-7-10-19-11-8-14)6-5-15-13-21-17-4-2-1-3-16(15)17/h1-4,13-14,19,21H,5-12H2,(H,20,22). The molecule has 3 N–H and O–H groups in total. The smallest absolute Gasteiger partial charge is 0.220 e. The molecule has 1 fully saturated rings. The number of aromatic amines is 1. The van der Waals surface area contributed by atoms with E-state index >= 15 is 0 Å². The van der Waals surface area contributed by atoms with Gasteiger partial charge in [0.1, 0.15) is 0 Å². The minimum Gasteiger partial charge on any atom is -0.361 e. The Kier molecular flexibility index (Phi) is 5.11. The maximum absolute atomic E-state index is 12.0. The molecule has 0 aliphatic carbocycles. The zero-order valence-corrected chi connectivity index (χ0v) is 13.0. The molecule has 2 heterocycles. The van der Waals surface area contributed by atoms with Gasteiger partial charge in [0.25, 0.3) is 0 Å². The summed E-state index contributed by atoms with van der Waals surface area (Å²) in [5.74, 6) is 0.939. The highest BCUT2D eigenvalue weighted by Gasteiger charge is 2.13. The first kappa shape index (κ1) is 15.1. The number of hydrogen-bond donors (Lipinski definition) is 3. The molecule has 0 radical (unpaired) electrons. The number of carbonyl (C=O) groups is 1. The summed E-state index contributed by atoms with van der Waals surface area (Å²) in [6, 6.07) is 8.24. The Morgan fingerprint density at radius 3 is 2.91 bits per heavy atom. The normalized spacial score (nSPS) is 16.0. The molecule has 1 aromatic heterocycles. The molecule has 0 atom stereocenters. The van der Waals surface area contributed by atoms with E-state index in [2.05, 4.69) is 27.8 Å². The number of nitrogens with one attached hydrogen (secondary N) is 3. The Labute approximate surface area is 131 Å². The summed E-state index contributed by atoms with van der Waals surface area (Å²) in [5.41, 5.74) is 2.37. The van der Waals surface area contributed by atoms with Gasteiger partial charge in [0, 0.05) is 30.1 Å². The van der Waals surface area contributed by atoms with Gasteiger partial charge < -0.3 is 15.6 Å². The van der Waals surface area contributed by atoms with Crippen molar-refractivity contribution in [2.24, 2.45) is 5.92 Å². The third-order valence-electron chi connectivity index (χ3n) is 4.63. The summed E-state index contributed by atoms with van der Waals surface area (Å²) in [5, 5.41) is 7.67. The van der Waals surface area contributed by atoms with Crippen LogP contribution in [0, 0.1) is 5.92 Å². The maximum Gasteiger partial charge on any atom is 0.220 e. The van der Waals surface area contributed by atoms with Gasteiger partial charge >= 0.3 is 0 Å². The van der Waals surface area contributed by atoms with Crippen molar-refractivity contribution < 1.29 is 4.79 Å². The Morgan fingerprint density at radius 2 is 2.05 bits per heavy atom. The zero-order chi connectivity index (χ0) is 15.2. The zero-order valence-electron chi connectivity index (χ0n) is 13.0. The number of benzene rings is 1. The number of amides is 1. The second-order valence-corrected chi connectivity index (χ2v) is 6.19. The number of hydrogen-bond acceptors (Lipinski definition) is 2.